The SMILES string of the molecule is Cc1ccccc1NC(=S)NNC(=O)c1cnn2c1N[C@@H](c1ccccc1)C[C@@H]2C(F)F. The van der Waals surface area contributed by atoms with Gasteiger partial charge >= 0.3 is 0 Å². The molecule has 3 aromatic rings. The summed E-state index contributed by atoms with van der Waals surface area (Å²) in [7, 11) is 0. The molecule has 4 rings (SSSR count). The number of carbonyl (C=O) groups excluding carboxylic acids is 1. The van der Waals surface area contributed by atoms with Crippen LogP contribution in [0.1, 0.15) is 40.0 Å². The fourth-order valence-corrected chi connectivity index (χ4v) is 3.81. The molecule has 0 saturated heterocycles. The average Bonchev–Trinajstić information content (AvgIpc) is 3.23. The van der Waals surface area contributed by atoms with Crippen LogP contribution in [0, 0.1) is 6.92 Å². The Morgan fingerprint density at radius 1 is 1.16 bits per heavy atom. The molecule has 0 bridgehead atoms. The summed E-state index contributed by atoms with van der Waals surface area (Å²) in [5.41, 5.74) is 7.93. The van der Waals surface area contributed by atoms with Crippen LogP contribution in [0.4, 0.5) is 20.3 Å². The molecule has 10 heteroatoms. The van der Waals surface area contributed by atoms with Gasteiger partial charge in [0.1, 0.15) is 17.4 Å². The molecule has 2 atom stereocenters. The Morgan fingerprint density at radius 3 is 2.59 bits per heavy atom. The summed E-state index contributed by atoms with van der Waals surface area (Å²) in [6.45, 7) is 1.93. The number of hydrogen-bond donors (Lipinski definition) is 4. The zero-order chi connectivity index (χ0) is 22.7. The number of benzene rings is 2. The molecule has 1 aromatic heterocycles. The van der Waals surface area contributed by atoms with Gasteiger partial charge in [0.2, 0.25) is 0 Å². The van der Waals surface area contributed by atoms with E-state index in [0.717, 1.165) is 16.8 Å². The Bertz CT molecular complexity index is 1120. The number of carbonyl (C=O) groups is 1. The lowest BCUT2D eigenvalue weighted by atomic mass is 9.97. The van der Waals surface area contributed by atoms with Crippen LogP contribution < -0.4 is 21.5 Å². The zero-order valence-electron chi connectivity index (χ0n) is 17.2. The number of amides is 1. The third-order valence-electron chi connectivity index (χ3n) is 5.32. The Balaban J connectivity index is 1.48. The number of rotatable bonds is 4. The quantitative estimate of drug-likeness (QED) is 0.348. The molecule has 32 heavy (non-hydrogen) atoms. The summed E-state index contributed by atoms with van der Waals surface area (Å²) in [5, 5.41) is 10.4. The molecule has 1 amide bonds. The number of aryl methyl sites for hydroxylation is 1. The summed E-state index contributed by atoms with van der Waals surface area (Å²) in [6, 6.07) is 15.3. The van der Waals surface area contributed by atoms with Gasteiger partial charge in [-0.15, -0.1) is 0 Å². The van der Waals surface area contributed by atoms with Gasteiger partial charge in [-0.25, -0.2) is 13.5 Å². The Morgan fingerprint density at radius 2 is 1.88 bits per heavy atom. The molecular weight excluding hydrogens is 434 g/mol. The number of alkyl halides is 2. The van der Waals surface area contributed by atoms with E-state index in [2.05, 4.69) is 26.6 Å². The second-order valence-corrected chi connectivity index (χ2v) is 7.85. The van der Waals surface area contributed by atoms with Gasteiger partial charge in [-0.2, -0.15) is 5.10 Å². The van der Waals surface area contributed by atoms with Gasteiger partial charge in [0.25, 0.3) is 12.3 Å². The fraction of sp³-hybridized carbons (Fsp3) is 0.227. The molecule has 0 radical (unpaired) electrons. The van der Waals surface area contributed by atoms with Crippen molar-refractivity contribution in [1.29, 1.82) is 0 Å². The summed E-state index contributed by atoms with van der Waals surface area (Å²) in [6.07, 6.45) is -1.19. The highest BCUT2D eigenvalue weighted by molar-refractivity contribution is 7.80. The third-order valence-corrected chi connectivity index (χ3v) is 5.52. The van der Waals surface area contributed by atoms with Gasteiger partial charge < -0.3 is 10.6 Å². The molecule has 0 spiro atoms. The monoisotopic (exact) mass is 456 g/mol. The van der Waals surface area contributed by atoms with Crippen LogP contribution in [0.3, 0.4) is 0 Å². The highest BCUT2D eigenvalue weighted by Crippen LogP contribution is 2.39. The van der Waals surface area contributed by atoms with Crippen molar-refractivity contribution in [1.82, 2.24) is 20.6 Å². The van der Waals surface area contributed by atoms with E-state index in [-0.39, 0.29) is 29.0 Å². The van der Waals surface area contributed by atoms with E-state index in [1.807, 2.05) is 61.5 Å². The molecule has 1 aliphatic rings. The maximum Gasteiger partial charge on any atom is 0.275 e. The van der Waals surface area contributed by atoms with Crippen molar-refractivity contribution in [2.24, 2.45) is 0 Å². The highest BCUT2D eigenvalue weighted by atomic mass is 32.1. The summed E-state index contributed by atoms with van der Waals surface area (Å²) in [4.78, 5) is 12.8. The summed E-state index contributed by atoms with van der Waals surface area (Å²) in [5.74, 6) is -0.304. The van der Waals surface area contributed by atoms with Gasteiger partial charge in [-0.3, -0.25) is 15.6 Å². The minimum absolute atomic E-state index is 0.141. The lowest BCUT2D eigenvalue weighted by molar-refractivity contribution is 0.0656. The number of hydrogen-bond acceptors (Lipinski definition) is 4. The van der Waals surface area contributed by atoms with E-state index >= 15 is 0 Å². The van der Waals surface area contributed by atoms with E-state index < -0.39 is 18.4 Å². The van der Waals surface area contributed by atoms with Gasteiger partial charge in [0.15, 0.2) is 5.11 Å². The van der Waals surface area contributed by atoms with E-state index in [1.54, 1.807) is 0 Å². The van der Waals surface area contributed by atoms with Crippen molar-refractivity contribution < 1.29 is 13.6 Å². The van der Waals surface area contributed by atoms with E-state index in [1.165, 1.54) is 10.9 Å². The number of nitrogens with zero attached hydrogens (tertiary/aromatic N) is 2. The standard InChI is InChI=1S/C22H22F2N6OS/c1-13-7-5-6-10-16(13)27-22(32)29-28-21(31)15-12-25-30-18(19(23)24)11-17(26-20(15)30)14-8-3-2-4-9-14/h2-10,12,17-19,26H,11H2,1H3,(H,28,31)(H2,27,29,32)/t17-,18-/m1/s1. The van der Waals surface area contributed by atoms with E-state index in [0.29, 0.717) is 0 Å². The van der Waals surface area contributed by atoms with Crippen molar-refractivity contribution in [3.8, 4) is 0 Å². The van der Waals surface area contributed by atoms with E-state index in [4.69, 9.17) is 12.2 Å². The van der Waals surface area contributed by atoms with E-state index in [9.17, 15) is 13.6 Å². The van der Waals surface area contributed by atoms with Crippen molar-refractivity contribution in [2.45, 2.75) is 31.9 Å². The smallest absolute Gasteiger partial charge is 0.275 e. The minimum atomic E-state index is -2.62. The van der Waals surface area contributed by atoms with Crippen molar-refractivity contribution in [3.05, 3.63) is 77.5 Å². The number of anilines is 2. The minimum Gasteiger partial charge on any atom is -0.363 e. The molecule has 0 unspecified atom stereocenters. The maximum atomic E-state index is 13.8. The first-order valence-electron chi connectivity index (χ1n) is 10.0. The molecule has 0 aliphatic carbocycles. The van der Waals surface area contributed by atoms with Crippen molar-refractivity contribution >= 4 is 34.7 Å². The lowest BCUT2D eigenvalue weighted by Gasteiger charge is -2.32. The van der Waals surface area contributed by atoms with Gasteiger partial charge in [-0.1, -0.05) is 48.5 Å². The van der Waals surface area contributed by atoms with Gasteiger partial charge in [0.05, 0.1) is 12.2 Å². The van der Waals surface area contributed by atoms with Crippen LogP contribution in [0.2, 0.25) is 0 Å². The average molecular weight is 457 g/mol. The highest BCUT2D eigenvalue weighted by Gasteiger charge is 2.36. The third kappa shape index (κ3) is 4.54. The number of nitrogens with one attached hydrogen (secondary N) is 4. The first kappa shape index (κ1) is 21.7. The van der Waals surface area contributed by atoms with Crippen LogP contribution >= 0.6 is 12.2 Å². The number of para-hydroxylation sites is 1. The Hall–Kier alpha value is -3.53. The van der Waals surface area contributed by atoms with Crippen molar-refractivity contribution in [2.75, 3.05) is 10.6 Å². The van der Waals surface area contributed by atoms with Crippen LogP contribution in [0.5, 0.6) is 0 Å². The number of halogens is 2. The Labute approximate surface area is 189 Å². The first-order chi connectivity index (χ1) is 15.4. The van der Waals surface area contributed by atoms with Crippen LogP contribution in [-0.4, -0.2) is 27.2 Å². The number of fused-ring (bicyclic) bond motifs is 1. The molecule has 2 aromatic carbocycles. The largest absolute Gasteiger partial charge is 0.363 e. The Kier molecular flexibility index (Phi) is 6.31. The second-order valence-electron chi connectivity index (χ2n) is 7.44. The molecule has 166 valence electrons. The number of thiocarbonyl (C=S) groups is 1. The first-order valence-corrected chi connectivity index (χ1v) is 10.4. The summed E-state index contributed by atoms with van der Waals surface area (Å²) >= 11 is 5.23. The summed E-state index contributed by atoms with van der Waals surface area (Å²) < 4.78 is 28.7. The van der Waals surface area contributed by atoms with Crippen LogP contribution in [-0.2, 0) is 0 Å². The maximum absolute atomic E-state index is 13.8. The number of hydrazine groups is 1. The van der Waals surface area contributed by atoms with Crippen molar-refractivity contribution in [3.63, 3.8) is 0 Å². The van der Waals surface area contributed by atoms with Crippen LogP contribution in [0.25, 0.3) is 0 Å². The predicted octanol–water partition coefficient (Wildman–Crippen LogP) is 4.19. The zero-order valence-corrected chi connectivity index (χ0v) is 18.0. The molecule has 7 nitrogen and oxygen atoms in total. The molecular formula is C22H22F2N6OS. The lowest BCUT2D eigenvalue weighted by Crippen LogP contribution is -2.44. The topological polar surface area (TPSA) is 83.0 Å². The molecule has 1 aliphatic heterocycles. The number of aromatic nitrogens is 2. The fourth-order valence-electron chi connectivity index (χ4n) is 3.65. The van der Waals surface area contributed by atoms with Crippen LogP contribution in [0.15, 0.2) is 60.8 Å². The molecule has 0 fully saturated rings. The molecule has 2 heterocycles. The predicted molar refractivity (Wildman–Crippen MR) is 123 cm³/mol. The molecule has 4 N–H and O–H groups in total. The van der Waals surface area contributed by atoms with Gasteiger partial charge in [0, 0.05) is 5.69 Å². The second kappa shape index (κ2) is 9.31. The van der Waals surface area contributed by atoms with Gasteiger partial charge in [-0.05, 0) is 42.8 Å². The normalized spacial score (nSPS) is 17.2. The molecule has 0 saturated carbocycles.